The van der Waals surface area contributed by atoms with Gasteiger partial charge in [-0.2, -0.15) is 0 Å². The van der Waals surface area contributed by atoms with E-state index in [2.05, 4.69) is 13.8 Å². The Hall–Kier alpha value is -1.76. The van der Waals surface area contributed by atoms with Crippen LogP contribution >= 0.6 is 0 Å². The predicted molar refractivity (Wildman–Crippen MR) is 181 cm³/mol. The third kappa shape index (κ3) is 6.49. The molecule has 7 aliphatic rings. The minimum Gasteiger partial charge on any atom is -0.462 e. The van der Waals surface area contributed by atoms with E-state index < -0.39 is 97.1 Å². The zero-order valence-corrected chi connectivity index (χ0v) is 31.2. The van der Waals surface area contributed by atoms with E-state index in [1.165, 1.54) is 20.1 Å². The zero-order valence-electron chi connectivity index (χ0n) is 31.2. The highest BCUT2D eigenvalue weighted by Gasteiger charge is 2.71. The molecule has 53 heavy (non-hydrogen) atoms. The molecule has 15 heteroatoms. The summed E-state index contributed by atoms with van der Waals surface area (Å²) in [6, 6.07) is 0. The topological polar surface area (TPSA) is 220 Å². The molecule has 0 bridgehead atoms. The molecule has 3 heterocycles. The minimum absolute atomic E-state index is 0.00547. The molecule has 6 N–H and O–H groups in total. The Morgan fingerprint density at radius 3 is 2.32 bits per heavy atom. The van der Waals surface area contributed by atoms with Crippen molar-refractivity contribution in [2.45, 2.75) is 158 Å². The number of aliphatic hydroxyl groups excluding tert-OH is 5. The Morgan fingerprint density at radius 2 is 1.66 bits per heavy atom. The highest BCUT2D eigenvalue weighted by atomic mass is 16.7. The average molecular weight is 755 g/mol. The van der Waals surface area contributed by atoms with E-state index in [4.69, 9.17) is 33.2 Å². The van der Waals surface area contributed by atoms with Gasteiger partial charge in [0.15, 0.2) is 12.6 Å². The fourth-order valence-corrected chi connectivity index (χ4v) is 11.9. The number of aliphatic hydroxyl groups is 6. The molecule has 2 saturated heterocycles. The van der Waals surface area contributed by atoms with Gasteiger partial charge in [-0.1, -0.05) is 13.8 Å². The molecule has 19 atom stereocenters. The summed E-state index contributed by atoms with van der Waals surface area (Å²) in [5.74, 6) is -0.574. The Bertz CT molecular complexity index is 1410. The monoisotopic (exact) mass is 754 g/mol. The smallest absolute Gasteiger partial charge is 0.331 e. The Kier molecular flexibility index (Phi) is 10.9. The first-order chi connectivity index (χ1) is 25.1. The lowest BCUT2D eigenvalue weighted by Crippen LogP contribution is -2.64. The Labute approximate surface area is 309 Å². The first kappa shape index (κ1) is 39.5. The highest BCUT2D eigenvalue weighted by Crippen LogP contribution is 2.70. The van der Waals surface area contributed by atoms with Gasteiger partial charge in [-0.25, -0.2) is 4.79 Å². The van der Waals surface area contributed by atoms with Gasteiger partial charge in [-0.3, -0.25) is 4.79 Å². The molecule has 15 nitrogen and oxygen atoms in total. The van der Waals surface area contributed by atoms with Crippen molar-refractivity contribution in [3.05, 3.63) is 11.6 Å². The van der Waals surface area contributed by atoms with Gasteiger partial charge in [0.25, 0.3) is 0 Å². The number of hydrogen-bond donors (Lipinski definition) is 6. The van der Waals surface area contributed by atoms with Gasteiger partial charge < -0.3 is 63.8 Å². The Morgan fingerprint density at radius 1 is 0.925 bits per heavy atom. The molecule has 0 radical (unpaired) electrons. The maximum Gasteiger partial charge on any atom is 0.331 e. The van der Waals surface area contributed by atoms with Gasteiger partial charge in [-0.15, -0.1) is 0 Å². The van der Waals surface area contributed by atoms with Crippen molar-refractivity contribution in [3.63, 3.8) is 0 Å². The third-order valence-electron chi connectivity index (χ3n) is 14.7. The van der Waals surface area contributed by atoms with Crippen LogP contribution in [-0.2, 0) is 42.7 Å². The molecule has 0 aromatic carbocycles. The number of esters is 2. The van der Waals surface area contributed by atoms with Gasteiger partial charge in [0.1, 0.15) is 55.4 Å². The lowest BCUT2D eigenvalue weighted by molar-refractivity contribution is -0.362. The number of ether oxygens (including phenoxy) is 7. The van der Waals surface area contributed by atoms with Crippen LogP contribution in [0, 0.1) is 34.5 Å². The standard InChI is InChI=1S/C38H58O15/c1-17-32(53-34-30(44)29(43)28(42)25(15-39)52-34)33(47-5)31(45)35(49-17)51-21-8-10-36(3)20(13-21)6-7-23-22(36)9-11-37(4)27(19-12-26(41)48-16-19)24(50-18(2)40)14-38(23,37)46/h12,17,20-25,27-35,39,42-46H,6-11,13-16H2,1-5H3/t17-,20+,21-,22-,23+,24-,25+,27-,28+,29-,30+,31+,32+,33-,34-,35?,36-,37+,38-/m0/s1. The van der Waals surface area contributed by atoms with Crippen LogP contribution in [0.15, 0.2) is 11.6 Å². The maximum atomic E-state index is 12.8. The largest absolute Gasteiger partial charge is 0.462 e. The minimum atomic E-state index is -1.62. The molecule has 4 saturated carbocycles. The van der Waals surface area contributed by atoms with E-state index in [1.807, 2.05) is 0 Å². The molecular weight excluding hydrogens is 696 g/mol. The summed E-state index contributed by atoms with van der Waals surface area (Å²) in [6.45, 7) is 7.09. The SMILES string of the molecule is CO[C@@H]1[C@H](O[C@@H]2O[C@H](CO)[C@@H](O)[C@H](O)[C@H]2O)[C@H](C)OC(O[C@H]2CC[C@@]3(C)[C@H](CC[C@@H]4[C@@H]3CC[C@]3(C)[C@@H](C5=CC(=O)OC5)[C@@H](OC(C)=O)C[C@]43O)C2)[C@@H]1O. The fourth-order valence-electron chi connectivity index (χ4n) is 11.9. The molecule has 7 rings (SSSR count). The lowest BCUT2D eigenvalue weighted by atomic mass is 9.43. The van der Waals surface area contributed by atoms with E-state index in [0.29, 0.717) is 12.3 Å². The maximum absolute atomic E-state index is 12.8. The molecule has 0 spiro atoms. The molecule has 3 aliphatic heterocycles. The number of fused-ring (bicyclic) bond motifs is 5. The summed E-state index contributed by atoms with van der Waals surface area (Å²) in [7, 11) is 1.42. The number of carbonyl (C=O) groups is 2. The van der Waals surface area contributed by atoms with Gasteiger partial charge in [0, 0.05) is 37.9 Å². The van der Waals surface area contributed by atoms with Crippen LogP contribution in [0.5, 0.6) is 0 Å². The number of methoxy groups -OCH3 is 1. The summed E-state index contributed by atoms with van der Waals surface area (Å²) in [4.78, 5) is 24.4. The van der Waals surface area contributed by atoms with Crippen LogP contribution in [-0.4, -0.2) is 142 Å². The molecule has 0 aromatic heterocycles. The van der Waals surface area contributed by atoms with Gasteiger partial charge in [0.2, 0.25) is 0 Å². The molecular formula is C38H58O15. The Balaban J connectivity index is 1.02. The van der Waals surface area contributed by atoms with E-state index >= 15 is 0 Å². The van der Waals surface area contributed by atoms with E-state index in [0.717, 1.165) is 50.5 Å². The normalized spacial score (nSPS) is 52.5. The molecule has 0 aromatic rings. The number of hydrogen-bond acceptors (Lipinski definition) is 15. The molecule has 6 fully saturated rings. The van der Waals surface area contributed by atoms with Crippen LogP contribution in [0.25, 0.3) is 0 Å². The number of cyclic esters (lactones) is 1. The van der Waals surface area contributed by atoms with Crippen LogP contribution in [0.3, 0.4) is 0 Å². The van der Waals surface area contributed by atoms with Crippen molar-refractivity contribution in [3.8, 4) is 0 Å². The first-order valence-electron chi connectivity index (χ1n) is 19.3. The average Bonchev–Trinajstić information content (AvgIpc) is 3.63. The second-order valence-electron chi connectivity index (χ2n) is 17.3. The van der Waals surface area contributed by atoms with Crippen LogP contribution < -0.4 is 0 Å². The highest BCUT2D eigenvalue weighted by molar-refractivity contribution is 5.85. The summed E-state index contributed by atoms with van der Waals surface area (Å²) < 4.78 is 41.0. The zero-order chi connectivity index (χ0) is 38.2. The van der Waals surface area contributed by atoms with Crippen molar-refractivity contribution >= 4 is 11.9 Å². The summed E-state index contributed by atoms with van der Waals surface area (Å²) in [6.07, 6.45) is -5.51. The summed E-state index contributed by atoms with van der Waals surface area (Å²) in [5, 5.41) is 64.8. The fraction of sp³-hybridized carbons (Fsp3) is 0.895. The summed E-state index contributed by atoms with van der Waals surface area (Å²) in [5.41, 5.74) is -0.960. The quantitative estimate of drug-likeness (QED) is 0.147. The van der Waals surface area contributed by atoms with Crippen molar-refractivity contribution in [1.29, 1.82) is 0 Å². The number of carbonyl (C=O) groups excluding carboxylic acids is 2. The second-order valence-corrected chi connectivity index (χ2v) is 17.3. The number of rotatable bonds is 8. The van der Waals surface area contributed by atoms with Gasteiger partial charge in [0.05, 0.1) is 24.4 Å². The van der Waals surface area contributed by atoms with Crippen LogP contribution in [0.1, 0.15) is 79.1 Å². The van der Waals surface area contributed by atoms with Gasteiger partial charge in [-0.05, 0) is 80.6 Å². The molecule has 4 aliphatic carbocycles. The van der Waals surface area contributed by atoms with Gasteiger partial charge >= 0.3 is 11.9 Å². The van der Waals surface area contributed by atoms with Crippen LogP contribution in [0.4, 0.5) is 0 Å². The third-order valence-corrected chi connectivity index (χ3v) is 14.7. The van der Waals surface area contributed by atoms with Crippen molar-refractivity contribution in [2.75, 3.05) is 20.3 Å². The second kappa shape index (κ2) is 14.6. The predicted octanol–water partition coefficient (Wildman–Crippen LogP) is 0.476. The van der Waals surface area contributed by atoms with E-state index in [9.17, 15) is 40.2 Å². The summed E-state index contributed by atoms with van der Waals surface area (Å²) >= 11 is 0. The van der Waals surface area contributed by atoms with E-state index in [-0.39, 0.29) is 35.9 Å². The first-order valence-corrected chi connectivity index (χ1v) is 19.3. The van der Waals surface area contributed by atoms with Crippen molar-refractivity contribution in [1.82, 2.24) is 0 Å². The molecule has 300 valence electrons. The van der Waals surface area contributed by atoms with Crippen molar-refractivity contribution in [2.24, 2.45) is 34.5 Å². The van der Waals surface area contributed by atoms with Crippen molar-refractivity contribution < 1.29 is 73.4 Å². The van der Waals surface area contributed by atoms with Crippen LogP contribution in [0.2, 0.25) is 0 Å². The molecule has 1 unspecified atom stereocenters. The van der Waals surface area contributed by atoms with E-state index in [1.54, 1.807) is 6.92 Å². The lowest BCUT2D eigenvalue weighted by Gasteiger charge is -2.63. The molecule has 0 amide bonds.